The fourth-order valence-electron chi connectivity index (χ4n) is 2.29. The molecular weight excluding hydrogens is 174 g/mol. The molecule has 1 aromatic heterocycles. The van der Waals surface area contributed by atoms with E-state index in [2.05, 4.69) is 38.2 Å². The lowest BCUT2D eigenvalue weighted by Gasteiger charge is -2.36. The van der Waals surface area contributed by atoms with E-state index in [1.807, 2.05) is 6.92 Å². The summed E-state index contributed by atoms with van der Waals surface area (Å²) in [7, 11) is 0. The van der Waals surface area contributed by atoms with Gasteiger partial charge in [0.15, 0.2) is 0 Å². The van der Waals surface area contributed by atoms with E-state index in [1.165, 1.54) is 0 Å². The van der Waals surface area contributed by atoms with Crippen LogP contribution >= 0.6 is 0 Å². The Bertz CT molecular complexity index is 340. The van der Waals surface area contributed by atoms with Crippen molar-refractivity contribution in [1.82, 2.24) is 5.32 Å². The predicted molar refractivity (Wildman–Crippen MR) is 57.5 cm³/mol. The fraction of sp³-hybridized carbons (Fsp3) is 0.667. The van der Waals surface area contributed by atoms with Crippen molar-refractivity contribution in [2.45, 2.75) is 45.1 Å². The van der Waals surface area contributed by atoms with E-state index in [9.17, 15) is 0 Å². The van der Waals surface area contributed by atoms with Crippen LogP contribution in [0.3, 0.4) is 0 Å². The molecule has 0 amide bonds. The van der Waals surface area contributed by atoms with Crippen molar-refractivity contribution in [3.63, 3.8) is 0 Å². The Morgan fingerprint density at radius 3 is 2.43 bits per heavy atom. The maximum atomic E-state index is 5.77. The number of nitrogens with one attached hydrogen (secondary N) is 1. The van der Waals surface area contributed by atoms with Gasteiger partial charge in [0.1, 0.15) is 11.5 Å². The van der Waals surface area contributed by atoms with E-state index in [0.29, 0.717) is 0 Å². The zero-order valence-corrected chi connectivity index (χ0v) is 9.48. The molecule has 0 spiro atoms. The molecule has 1 atom stereocenters. The molecule has 1 saturated heterocycles. The summed E-state index contributed by atoms with van der Waals surface area (Å²) in [4.78, 5) is 0. The molecule has 78 valence electrons. The summed E-state index contributed by atoms with van der Waals surface area (Å²) < 4.78 is 5.77. The SMILES string of the molecule is Cc1ccc(C2(C)CCNC2(C)C)o1. The van der Waals surface area contributed by atoms with Gasteiger partial charge in [-0.05, 0) is 45.9 Å². The van der Waals surface area contributed by atoms with Crippen molar-refractivity contribution >= 4 is 0 Å². The summed E-state index contributed by atoms with van der Waals surface area (Å²) in [6.07, 6.45) is 1.15. The highest BCUT2D eigenvalue weighted by Crippen LogP contribution is 2.42. The first-order chi connectivity index (χ1) is 6.46. The topological polar surface area (TPSA) is 25.2 Å². The Morgan fingerprint density at radius 2 is 2.00 bits per heavy atom. The molecule has 1 aliphatic heterocycles. The van der Waals surface area contributed by atoms with Gasteiger partial charge in [0.2, 0.25) is 0 Å². The summed E-state index contributed by atoms with van der Waals surface area (Å²) in [6, 6.07) is 4.17. The van der Waals surface area contributed by atoms with Crippen molar-refractivity contribution in [3.05, 3.63) is 23.7 Å². The smallest absolute Gasteiger partial charge is 0.111 e. The Kier molecular flexibility index (Phi) is 2.00. The highest BCUT2D eigenvalue weighted by molar-refractivity contribution is 5.24. The zero-order chi connectivity index (χ0) is 10.4. The second-order valence-electron chi connectivity index (χ2n) is 5.04. The van der Waals surface area contributed by atoms with E-state index >= 15 is 0 Å². The van der Waals surface area contributed by atoms with E-state index in [4.69, 9.17) is 4.42 Å². The molecule has 0 saturated carbocycles. The van der Waals surface area contributed by atoms with E-state index in [1.54, 1.807) is 0 Å². The molecule has 0 aromatic carbocycles. The van der Waals surface area contributed by atoms with Crippen LogP contribution in [0.15, 0.2) is 16.5 Å². The van der Waals surface area contributed by atoms with Gasteiger partial charge in [0, 0.05) is 11.0 Å². The Morgan fingerprint density at radius 1 is 1.29 bits per heavy atom. The van der Waals surface area contributed by atoms with Crippen LogP contribution in [-0.4, -0.2) is 12.1 Å². The molecule has 1 fully saturated rings. The number of hydrogen-bond acceptors (Lipinski definition) is 2. The summed E-state index contributed by atoms with van der Waals surface area (Å²) in [5.41, 5.74) is 0.249. The van der Waals surface area contributed by atoms with Gasteiger partial charge in [-0.3, -0.25) is 0 Å². The van der Waals surface area contributed by atoms with Crippen LogP contribution in [0.2, 0.25) is 0 Å². The first-order valence-electron chi connectivity index (χ1n) is 5.28. The minimum Gasteiger partial charge on any atom is -0.466 e. The van der Waals surface area contributed by atoms with Gasteiger partial charge >= 0.3 is 0 Å². The largest absolute Gasteiger partial charge is 0.466 e. The molecule has 1 unspecified atom stereocenters. The summed E-state index contributed by atoms with van der Waals surface area (Å²) in [6.45, 7) is 9.85. The van der Waals surface area contributed by atoms with Crippen molar-refractivity contribution in [2.24, 2.45) is 0 Å². The van der Waals surface area contributed by atoms with Gasteiger partial charge in [-0.15, -0.1) is 0 Å². The number of rotatable bonds is 1. The third kappa shape index (κ3) is 1.21. The molecule has 2 nitrogen and oxygen atoms in total. The molecule has 0 bridgehead atoms. The Hall–Kier alpha value is -0.760. The van der Waals surface area contributed by atoms with Crippen molar-refractivity contribution in [2.75, 3.05) is 6.54 Å². The highest BCUT2D eigenvalue weighted by Gasteiger charge is 2.48. The lowest BCUT2D eigenvalue weighted by Crippen LogP contribution is -2.47. The van der Waals surface area contributed by atoms with Crippen molar-refractivity contribution in [1.29, 1.82) is 0 Å². The van der Waals surface area contributed by atoms with Crippen LogP contribution in [0.5, 0.6) is 0 Å². The van der Waals surface area contributed by atoms with Crippen LogP contribution in [0.1, 0.15) is 38.7 Å². The summed E-state index contributed by atoms with van der Waals surface area (Å²) in [5.74, 6) is 2.12. The van der Waals surface area contributed by atoms with E-state index < -0.39 is 0 Å². The molecule has 1 aliphatic rings. The zero-order valence-electron chi connectivity index (χ0n) is 9.48. The van der Waals surface area contributed by atoms with Gasteiger partial charge < -0.3 is 9.73 Å². The van der Waals surface area contributed by atoms with Gasteiger partial charge in [0.25, 0.3) is 0 Å². The first-order valence-corrected chi connectivity index (χ1v) is 5.28. The van der Waals surface area contributed by atoms with E-state index in [0.717, 1.165) is 24.5 Å². The molecule has 1 N–H and O–H groups in total. The Labute approximate surface area is 85.7 Å². The second kappa shape index (κ2) is 2.86. The maximum absolute atomic E-state index is 5.77. The molecule has 1 aromatic rings. The van der Waals surface area contributed by atoms with Crippen molar-refractivity contribution in [3.8, 4) is 0 Å². The van der Waals surface area contributed by atoms with Crippen LogP contribution in [-0.2, 0) is 5.41 Å². The molecule has 0 radical (unpaired) electrons. The monoisotopic (exact) mass is 193 g/mol. The third-order valence-corrected chi connectivity index (χ3v) is 3.86. The minimum atomic E-state index is 0.122. The van der Waals surface area contributed by atoms with Crippen LogP contribution < -0.4 is 5.32 Å². The predicted octanol–water partition coefficient (Wildman–Crippen LogP) is 2.62. The number of furan rings is 1. The molecule has 0 aliphatic carbocycles. The minimum absolute atomic E-state index is 0.122. The Balaban J connectivity index is 2.41. The summed E-state index contributed by atoms with van der Waals surface area (Å²) in [5, 5.41) is 3.53. The average molecular weight is 193 g/mol. The molecule has 2 rings (SSSR count). The van der Waals surface area contributed by atoms with Gasteiger partial charge in [-0.1, -0.05) is 6.92 Å². The molecule has 14 heavy (non-hydrogen) atoms. The van der Waals surface area contributed by atoms with Gasteiger partial charge in [-0.2, -0.15) is 0 Å². The van der Waals surface area contributed by atoms with Gasteiger partial charge in [-0.25, -0.2) is 0 Å². The molecule has 2 heterocycles. The van der Waals surface area contributed by atoms with Crippen LogP contribution in [0, 0.1) is 6.92 Å². The summed E-state index contributed by atoms with van der Waals surface area (Å²) >= 11 is 0. The number of hydrogen-bond donors (Lipinski definition) is 1. The first kappa shape index (κ1) is 9.78. The van der Waals surface area contributed by atoms with Crippen LogP contribution in [0.4, 0.5) is 0 Å². The lowest BCUT2D eigenvalue weighted by molar-refractivity contribution is 0.247. The maximum Gasteiger partial charge on any atom is 0.111 e. The highest BCUT2D eigenvalue weighted by atomic mass is 16.3. The molecular formula is C12H19NO. The average Bonchev–Trinajstić information content (AvgIpc) is 2.60. The van der Waals surface area contributed by atoms with Crippen molar-refractivity contribution < 1.29 is 4.42 Å². The molecule has 2 heteroatoms. The van der Waals surface area contributed by atoms with Gasteiger partial charge in [0.05, 0.1) is 0 Å². The lowest BCUT2D eigenvalue weighted by atomic mass is 9.72. The number of aryl methyl sites for hydroxylation is 1. The van der Waals surface area contributed by atoms with E-state index in [-0.39, 0.29) is 11.0 Å². The van der Waals surface area contributed by atoms with Crippen LogP contribution in [0.25, 0.3) is 0 Å². The fourth-order valence-corrected chi connectivity index (χ4v) is 2.29. The quantitative estimate of drug-likeness (QED) is 0.741. The second-order valence-corrected chi connectivity index (χ2v) is 5.04. The normalized spacial score (nSPS) is 30.9. The standard InChI is InChI=1S/C12H19NO/c1-9-5-6-10(14-9)12(4)7-8-13-11(12,2)3/h5-6,13H,7-8H2,1-4H3. The third-order valence-electron chi connectivity index (χ3n) is 3.86.